The van der Waals surface area contributed by atoms with E-state index in [2.05, 4.69) is 4.98 Å². The summed E-state index contributed by atoms with van der Waals surface area (Å²) in [6.07, 6.45) is 0. The maximum Gasteiger partial charge on any atom is 0.160 e. The number of nitrogens with zero attached hydrogens (tertiary/aromatic N) is 2. The monoisotopic (exact) mass is 249 g/mol. The molecule has 2 N–H and O–H groups in total. The van der Waals surface area contributed by atoms with E-state index in [-0.39, 0.29) is 0 Å². The van der Waals surface area contributed by atoms with Crippen molar-refractivity contribution < 1.29 is 8.78 Å². The summed E-state index contributed by atoms with van der Waals surface area (Å²) in [7, 11) is 1.73. The molecule has 0 aliphatic carbocycles. The Labute approximate surface area is 104 Å². The summed E-state index contributed by atoms with van der Waals surface area (Å²) < 4.78 is 26.0. The quantitative estimate of drug-likeness (QED) is 0.889. The molecular weight excluding hydrogens is 236 g/mol. The van der Waals surface area contributed by atoms with Crippen LogP contribution in [0, 0.1) is 18.6 Å². The Kier molecular flexibility index (Phi) is 3.14. The third kappa shape index (κ3) is 2.25. The highest BCUT2D eigenvalue weighted by Gasteiger charge is 2.09. The van der Waals surface area contributed by atoms with Gasteiger partial charge in [-0.3, -0.25) is 0 Å². The smallest absolute Gasteiger partial charge is 0.160 e. The van der Waals surface area contributed by atoms with Gasteiger partial charge in [-0.2, -0.15) is 0 Å². The lowest BCUT2D eigenvalue weighted by Gasteiger charge is -2.19. The fourth-order valence-corrected chi connectivity index (χ4v) is 1.57. The van der Waals surface area contributed by atoms with E-state index < -0.39 is 11.6 Å². The number of hydrogen-bond acceptors (Lipinski definition) is 3. The molecule has 0 atom stereocenters. The SMILES string of the molecule is Cc1nc(N(C)c2ccc(F)c(F)c2)ccc1N. The fourth-order valence-electron chi connectivity index (χ4n) is 1.57. The van der Waals surface area contributed by atoms with Gasteiger partial charge >= 0.3 is 0 Å². The van der Waals surface area contributed by atoms with E-state index >= 15 is 0 Å². The molecule has 0 saturated carbocycles. The Balaban J connectivity index is 2.37. The minimum Gasteiger partial charge on any atom is -0.397 e. The molecule has 1 aromatic heterocycles. The van der Waals surface area contributed by atoms with E-state index in [4.69, 9.17) is 5.73 Å². The van der Waals surface area contributed by atoms with Crippen molar-refractivity contribution in [2.45, 2.75) is 6.92 Å². The van der Waals surface area contributed by atoms with Crippen molar-refractivity contribution in [1.29, 1.82) is 0 Å². The molecule has 18 heavy (non-hydrogen) atoms. The highest BCUT2D eigenvalue weighted by Crippen LogP contribution is 2.24. The van der Waals surface area contributed by atoms with Gasteiger partial charge in [-0.15, -0.1) is 0 Å². The predicted octanol–water partition coefficient (Wildman–Crippen LogP) is 3.02. The lowest BCUT2D eigenvalue weighted by atomic mass is 10.2. The van der Waals surface area contributed by atoms with Crippen LogP contribution in [0.3, 0.4) is 0 Å². The van der Waals surface area contributed by atoms with Gasteiger partial charge < -0.3 is 10.6 Å². The number of hydrogen-bond donors (Lipinski definition) is 1. The number of aryl methyl sites for hydroxylation is 1. The number of anilines is 3. The molecule has 0 bridgehead atoms. The largest absolute Gasteiger partial charge is 0.397 e. The highest BCUT2D eigenvalue weighted by molar-refractivity contribution is 5.61. The van der Waals surface area contributed by atoms with Crippen LogP contribution in [0.5, 0.6) is 0 Å². The number of nitrogen functional groups attached to an aromatic ring is 1. The molecule has 5 heteroatoms. The molecule has 2 rings (SSSR count). The molecule has 0 unspecified atom stereocenters. The Hall–Kier alpha value is -2.17. The summed E-state index contributed by atoms with van der Waals surface area (Å²) in [4.78, 5) is 5.95. The van der Waals surface area contributed by atoms with Crippen molar-refractivity contribution in [2.75, 3.05) is 17.7 Å². The lowest BCUT2D eigenvalue weighted by Crippen LogP contribution is -2.12. The molecule has 0 amide bonds. The zero-order valence-electron chi connectivity index (χ0n) is 10.1. The molecule has 3 nitrogen and oxygen atoms in total. The van der Waals surface area contributed by atoms with Gasteiger partial charge in [0.15, 0.2) is 11.6 Å². The maximum absolute atomic E-state index is 13.2. The first-order valence-corrected chi connectivity index (χ1v) is 5.41. The number of benzene rings is 1. The van der Waals surface area contributed by atoms with Crippen LogP contribution < -0.4 is 10.6 Å². The van der Waals surface area contributed by atoms with Crippen LogP contribution >= 0.6 is 0 Å². The zero-order chi connectivity index (χ0) is 13.3. The molecule has 0 aliphatic heterocycles. The van der Waals surface area contributed by atoms with E-state index in [0.717, 1.165) is 12.1 Å². The van der Waals surface area contributed by atoms with Gasteiger partial charge in [0.05, 0.1) is 11.4 Å². The van der Waals surface area contributed by atoms with Crippen molar-refractivity contribution in [1.82, 2.24) is 4.98 Å². The van der Waals surface area contributed by atoms with Gasteiger partial charge in [-0.25, -0.2) is 13.8 Å². The van der Waals surface area contributed by atoms with Crippen molar-refractivity contribution in [2.24, 2.45) is 0 Å². The first-order valence-electron chi connectivity index (χ1n) is 5.41. The summed E-state index contributed by atoms with van der Waals surface area (Å²) in [5.41, 5.74) is 7.49. The average molecular weight is 249 g/mol. The van der Waals surface area contributed by atoms with Crippen LogP contribution in [0.4, 0.5) is 26.0 Å². The molecule has 1 heterocycles. The van der Waals surface area contributed by atoms with Gasteiger partial charge in [0.1, 0.15) is 5.82 Å². The standard InChI is InChI=1S/C13H13F2N3/c1-8-12(16)5-6-13(17-8)18(2)9-3-4-10(14)11(15)7-9/h3-7H,16H2,1-2H3. The van der Waals surface area contributed by atoms with Crippen molar-refractivity contribution in [3.63, 3.8) is 0 Å². The summed E-state index contributed by atoms with van der Waals surface area (Å²) in [6, 6.07) is 7.16. The molecule has 2 aromatic rings. The third-order valence-corrected chi connectivity index (χ3v) is 2.75. The zero-order valence-corrected chi connectivity index (χ0v) is 10.1. The first-order chi connectivity index (χ1) is 8.49. The van der Waals surface area contributed by atoms with E-state index in [1.54, 1.807) is 31.0 Å². The van der Waals surface area contributed by atoms with Crippen molar-refractivity contribution >= 4 is 17.2 Å². The van der Waals surface area contributed by atoms with Crippen LogP contribution in [0.15, 0.2) is 30.3 Å². The van der Waals surface area contributed by atoms with E-state index in [9.17, 15) is 8.78 Å². The Morgan fingerprint density at radius 2 is 1.83 bits per heavy atom. The number of nitrogens with two attached hydrogens (primary N) is 1. The van der Waals surface area contributed by atoms with Gasteiger partial charge in [0, 0.05) is 18.8 Å². The third-order valence-electron chi connectivity index (χ3n) is 2.75. The van der Waals surface area contributed by atoms with Crippen LogP contribution in [0.1, 0.15) is 5.69 Å². The normalized spacial score (nSPS) is 10.4. The van der Waals surface area contributed by atoms with Crippen molar-refractivity contribution in [3.05, 3.63) is 47.7 Å². The average Bonchev–Trinajstić information content (AvgIpc) is 2.35. The lowest BCUT2D eigenvalue weighted by molar-refractivity contribution is 0.509. The molecule has 0 saturated heterocycles. The topological polar surface area (TPSA) is 42.2 Å². The van der Waals surface area contributed by atoms with Gasteiger partial charge in [0.25, 0.3) is 0 Å². The maximum atomic E-state index is 13.2. The number of halogens is 2. The summed E-state index contributed by atoms with van der Waals surface area (Å²) in [5.74, 6) is -1.13. The van der Waals surface area contributed by atoms with Crippen molar-refractivity contribution in [3.8, 4) is 0 Å². The van der Waals surface area contributed by atoms with E-state index in [0.29, 0.717) is 22.9 Å². The summed E-state index contributed by atoms with van der Waals surface area (Å²) in [5, 5.41) is 0. The summed E-state index contributed by atoms with van der Waals surface area (Å²) in [6.45, 7) is 1.79. The predicted molar refractivity (Wildman–Crippen MR) is 67.8 cm³/mol. The molecular formula is C13H13F2N3. The van der Waals surface area contributed by atoms with Gasteiger partial charge in [-0.05, 0) is 31.2 Å². The van der Waals surface area contributed by atoms with Gasteiger partial charge in [-0.1, -0.05) is 0 Å². The summed E-state index contributed by atoms with van der Waals surface area (Å²) >= 11 is 0. The second-order valence-electron chi connectivity index (χ2n) is 4.00. The highest BCUT2D eigenvalue weighted by atomic mass is 19.2. The van der Waals surface area contributed by atoms with Crippen LogP contribution in [-0.4, -0.2) is 12.0 Å². The number of pyridine rings is 1. The first kappa shape index (κ1) is 12.3. The molecule has 0 aliphatic rings. The second-order valence-corrected chi connectivity index (χ2v) is 4.00. The molecule has 0 radical (unpaired) electrons. The second kappa shape index (κ2) is 4.60. The Bertz CT molecular complexity index is 533. The molecule has 0 spiro atoms. The minimum absolute atomic E-state index is 0.519. The van der Waals surface area contributed by atoms with Crippen LogP contribution in [0.25, 0.3) is 0 Å². The molecule has 1 aromatic carbocycles. The fraction of sp³-hybridized carbons (Fsp3) is 0.154. The Morgan fingerprint density at radius 1 is 1.11 bits per heavy atom. The van der Waals surface area contributed by atoms with Crippen LogP contribution in [0.2, 0.25) is 0 Å². The Morgan fingerprint density at radius 3 is 2.44 bits per heavy atom. The van der Waals surface area contributed by atoms with Gasteiger partial charge in [0.2, 0.25) is 0 Å². The minimum atomic E-state index is -0.883. The molecule has 94 valence electrons. The number of rotatable bonds is 2. The van der Waals surface area contributed by atoms with E-state index in [1.807, 2.05) is 0 Å². The number of aromatic nitrogens is 1. The van der Waals surface area contributed by atoms with Crippen LogP contribution in [-0.2, 0) is 0 Å². The molecule has 0 fully saturated rings. The van der Waals surface area contributed by atoms with E-state index in [1.165, 1.54) is 6.07 Å².